The van der Waals surface area contributed by atoms with Gasteiger partial charge in [-0.3, -0.25) is 18.6 Å². The van der Waals surface area contributed by atoms with Crippen LogP contribution in [0.1, 0.15) is 26.3 Å². The van der Waals surface area contributed by atoms with E-state index in [0.717, 1.165) is 26.3 Å². The molecule has 0 unspecified atom stereocenters. The van der Waals surface area contributed by atoms with Crippen molar-refractivity contribution < 1.29 is 50.7 Å². The number of rotatable bonds is 8. The van der Waals surface area contributed by atoms with Gasteiger partial charge in [0.2, 0.25) is 0 Å². The Morgan fingerprint density at radius 1 is 0.875 bits per heavy atom. The number of esters is 3. The largest absolute Gasteiger partial charge is 0.456 e. The molecule has 1 aromatic rings. The van der Waals surface area contributed by atoms with Crippen molar-refractivity contribution in [3.63, 3.8) is 0 Å². The van der Waals surface area contributed by atoms with Gasteiger partial charge in [-0.05, 0) is 19.1 Å². The fourth-order valence-electron chi connectivity index (χ4n) is 3.11. The summed E-state index contributed by atoms with van der Waals surface area (Å²) in [6.07, 6.45) is -6.46. The van der Waals surface area contributed by atoms with Crippen molar-refractivity contribution in [2.75, 3.05) is 13.7 Å². The number of carbonyl (C=O) groups is 3. The fourth-order valence-corrected chi connectivity index (χ4v) is 4.03. The molecule has 32 heavy (non-hydrogen) atoms. The van der Waals surface area contributed by atoms with Crippen molar-refractivity contribution in [1.29, 1.82) is 0 Å². The lowest BCUT2D eigenvalue weighted by atomic mass is 9.98. The smallest absolute Gasteiger partial charge is 0.303 e. The minimum absolute atomic E-state index is 0.0828. The van der Waals surface area contributed by atoms with Crippen LogP contribution >= 0.6 is 0 Å². The Hall–Kier alpha value is -2.54. The number of carbonyl (C=O) groups excluding carboxylic acids is 3. The van der Waals surface area contributed by atoms with Crippen LogP contribution in [-0.4, -0.2) is 70.7 Å². The van der Waals surface area contributed by atoms with Gasteiger partial charge in [0.05, 0.1) is 11.5 Å². The van der Waals surface area contributed by atoms with Gasteiger partial charge in [0.1, 0.15) is 6.10 Å². The Kier molecular flexibility index (Phi) is 8.73. The first-order valence-electron chi connectivity index (χ1n) is 9.60. The average molecular weight is 474 g/mol. The van der Waals surface area contributed by atoms with Crippen molar-refractivity contribution >= 4 is 28.0 Å². The fraction of sp³-hybridized carbons (Fsp3) is 0.550. The van der Waals surface area contributed by atoms with Gasteiger partial charge in [-0.2, -0.15) is 8.42 Å². The molecule has 0 spiro atoms. The first-order chi connectivity index (χ1) is 14.9. The van der Waals surface area contributed by atoms with E-state index < -0.39 is 65.3 Å². The summed E-state index contributed by atoms with van der Waals surface area (Å²) in [7, 11) is -2.93. The predicted molar refractivity (Wildman–Crippen MR) is 107 cm³/mol. The number of ether oxygens (including phenoxy) is 5. The average Bonchev–Trinajstić information content (AvgIpc) is 2.69. The molecular weight excluding hydrogens is 448 g/mol. The van der Waals surface area contributed by atoms with Crippen molar-refractivity contribution in [2.24, 2.45) is 0 Å². The molecule has 0 bridgehead atoms. The van der Waals surface area contributed by atoms with Gasteiger partial charge in [-0.1, -0.05) is 17.7 Å². The topological polar surface area (TPSA) is 141 Å². The number of methoxy groups -OCH3 is 1. The zero-order chi connectivity index (χ0) is 24.1. The molecule has 11 nitrogen and oxygen atoms in total. The highest BCUT2D eigenvalue weighted by Crippen LogP contribution is 2.30. The lowest BCUT2D eigenvalue weighted by molar-refractivity contribution is -0.300. The van der Waals surface area contributed by atoms with Crippen LogP contribution in [0.2, 0.25) is 0 Å². The van der Waals surface area contributed by atoms with Crippen molar-refractivity contribution in [3.8, 4) is 0 Å². The van der Waals surface area contributed by atoms with Crippen LogP contribution in [0, 0.1) is 6.92 Å². The zero-order valence-electron chi connectivity index (χ0n) is 18.3. The quantitative estimate of drug-likeness (QED) is 0.301. The maximum atomic E-state index is 12.6. The SMILES string of the molecule is CO[C@@H]1O[C@@H](COS(=O)(=O)c2ccc(C)cc2)[C@H](OC(C)=O)[C@@H](OC(C)=O)[C@@H]1OC(C)=O. The monoisotopic (exact) mass is 474 g/mol. The number of hydrogen-bond acceptors (Lipinski definition) is 11. The minimum Gasteiger partial charge on any atom is -0.456 e. The molecule has 0 aliphatic carbocycles. The molecule has 1 aliphatic heterocycles. The molecule has 1 aliphatic rings. The van der Waals surface area contributed by atoms with E-state index in [1.807, 2.05) is 0 Å². The molecule has 5 atom stereocenters. The van der Waals surface area contributed by atoms with Gasteiger partial charge in [-0.15, -0.1) is 0 Å². The van der Waals surface area contributed by atoms with E-state index in [1.165, 1.54) is 19.2 Å². The van der Waals surface area contributed by atoms with Gasteiger partial charge in [-0.25, -0.2) is 0 Å². The molecular formula is C20H26O11S. The Bertz CT molecular complexity index is 925. The summed E-state index contributed by atoms with van der Waals surface area (Å²) < 4.78 is 56.8. The molecule has 0 saturated carbocycles. The first kappa shape index (κ1) is 25.7. The van der Waals surface area contributed by atoms with Crippen molar-refractivity contribution in [2.45, 2.75) is 63.3 Å². The molecule has 0 aromatic heterocycles. The Labute approximate surface area is 186 Å². The highest BCUT2D eigenvalue weighted by molar-refractivity contribution is 7.86. The van der Waals surface area contributed by atoms with Crippen LogP contribution in [0.5, 0.6) is 0 Å². The summed E-state index contributed by atoms with van der Waals surface area (Å²) in [6.45, 7) is 4.55. The second-order valence-corrected chi connectivity index (χ2v) is 8.67. The standard InChI is InChI=1S/C20H26O11S/c1-11-6-8-15(9-7-11)32(24,25)27-10-16-17(28-12(2)21)18(29-13(3)22)19(30-14(4)23)20(26-5)31-16/h6-9,16-20H,10H2,1-5H3/t16-,17-,18+,19-,20+/m0/s1. The van der Waals surface area contributed by atoms with E-state index in [0.29, 0.717) is 0 Å². The van der Waals surface area contributed by atoms with Gasteiger partial charge >= 0.3 is 17.9 Å². The van der Waals surface area contributed by atoms with Crippen LogP contribution in [0.25, 0.3) is 0 Å². The van der Waals surface area contributed by atoms with Crippen molar-refractivity contribution in [3.05, 3.63) is 29.8 Å². The maximum Gasteiger partial charge on any atom is 0.303 e. The molecule has 0 radical (unpaired) electrons. The molecule has 178 valence electrons. The highest BCUT2D eigenvalue weighted by Gasteiger charge is 2.52. The number of benzene rings is 1. The summed E-state index contributed by atoms with van der Waals surface area (Å²) in [4.78, 5) is 34.9. The lowest BCUT2D eigenvalue weighted by Gasteiger charge is -2.43. The third kappa shape index (κ3) is 6.73. The van der Waals surface area contributed by atoms with Crippen LogP contribution in [-0.2, 0) is 52.4 Å². The van der Waals surface area contributed by atoms with E-state index in [2.05, 4.69) is 0 Å². The van der Waals surface area contributed by atoms with Gasteiger partial charge in [0.25, 0.3) is 10.1 Å². The van der Waals surface area contributed by atoms with Crippen LogP contribution in [0.4, 0.5) is 0 Å². The molecule has 2 rings (SSSR count). The van der Waals surface area contributed by atoms with E-state index >= 15 is 0 Å². The van der Waals surface area contributed by atoms with E-state index in [1.54, 1.807) is 19.1 Å². The molecule has 0 N–H and O–H groups in total. The predicted octanol–water partition coefficient (Wildman–Crippen LogP) is 0.867. The highest BCUT2D eigenvalue weighted by atomic mass is 32.2. The van der Waals surface area contributed by atoms with Crippen LogP contribution in [0.3, 0.4) is 0 Å². The van der Waals surface area contributed by atoms with Crippen molar-refractivity contribution in [1.82, 2.24) is 0 Å². The number of hydrogen-bond donors (Lipinski definition) is 0. The molecule has 12 heteroatoms. The third-order valence-corrected chi connectivity index (χ3v) is 5.72. The summed E-state index contributed by atoms with van der Waals surface area (Å²) in [5, 5.41) is 0. The Balaban J connectivity index is 2.33. The summed E-state index contributed by atoms with van der Waals surface area (Å²) >= 11 is 0. The number of aryl methyl sites for hydroxylation is 1. The van der Waals surface area contributed by atoms with E-state index in [4.69, 9.17) is 27.9 Å². The first-order valence-corrected chi connectivity index (χ1v) is 11.0. The molecule has 1 aromatic carbocycles. The summed E-state index contributed by atoms with van der Waals surface area (Å²) in [5.41, 5.74) is 0.859. The van der Waals surface area contributed by atoms with Crippen LogP contribution < -0.4 is 0 Å². The maximum absolute atomic E-state index is 12.6. The van der Waals surface area contributed by atoms with Crippen LogP contribution in [0.15, 0.2) is 29.2 Å². The minimum atomic E-state index is -4.18. The lowest BCUT2D eigenvalue weighted by Crippen LogP contribution is -2.62. The Morgan fingerprint density at radius 2 is 1.38 bits per heavy atom. The van der Waals surface area contributed by atoms with Gasteiger partial charge in [0, 0.05) is 27.9 Å². The molecule has 1 heterocycles. The normalized spacial score (nSPS) is 25.6. The third-order valence-electron chi connectivity index (χ3n) is 4.43. The van der Waals surface area contributed by atoms with Gasteiger partial charge < -0.3 is 23.7 Å². The van der Waals surface area contributed by atoms with E-state index in [9.17, 15) is 22.8 Å². The zero-order valence-corrected chi connectivity index (χ0v) is 19.1. The second kappa shape index (κ2) is 10.9. The van der Waals surface area contributed by atoms with Gasteiger partial charge in [0.15, 0.2) is 24.6 Å². The molecule has 1 fully saturated rings. The molecule has 1 saturated heterocycles. The van der Waals surface area contributed by atoms with E-state index in [-0.39, 0.29) is 4.90 Å². The second-order valence-electron chi connectivity index (χ2n) is 7.05. The summed E-state index contributed by atoms with van der Waals surface area (Å²) in [5.74, 6) is -2.25. The molecule has 0 amide bonds. The summed E-state index contributed by atoms with van der Waals surface area (Å²) in [6, 6.07) is 5.98. The Morgan fingerprint density at radius 3 is 1.88 bits per heavy atom.